The van der Waals surface area contributed by atoms with E-state index in [1.54, 1.807) is 24.5 Å². The van der Waals surface area contributed by atoms with Gasteiger partial charge in [-0.3, -0.25) is 14.6 Å². The number of amides is 1. The van der Waals surface area contributed by atoms with E-state index < -0.39 is 5.91 Å². The van der Waals surface area contributed by atoms with E-state index in [-0.39, 0.29) is 11.0 Å². The number of carbonyl (C=O) groups is 1. The summed E-state index contributed by atoms with van der Waals surface area (Å²) in [5.41, 5.74) is 0.368. The molecule has 0 bridgehead atoms. The molecule has 0 aliphatic carbocycles. The smallest absolute Gasteiger partial charge is 0.261 e. The number of H-pyrrole nitrogens is 1. The van der Waals surface area contributed by atoms with Gasteiger partial charge < -0.3 is 10.3 Å². The van der Waals surface area contributed by atoms with Crippen molar-refractivity contribution >= 4 is 11.6 Å². The fourth-order valence-corrected chi connectivity index (χ4v) is 1.23. The summed E-state index contributed by atoms with van der Waals surface area (Å²) >= 11 is 0. The van der Waals surface area contributed by atoms with Crippen molar-refractivity contribution in [3.8, 4) is 0 Å². The molecule has 0 aliphatic heterocycles. The Hall–Kier alpha value is -2.43. The van der Waals surface area contributed by atoms with Gasteiger partial charge in [0, 0.05) is 36.5 Å². The number of anilines is 1. The number of rotatable bonds is 2. The van der Waals surface area contributed by atoms with Crippen LogP contribution in [-0.2, 0) is 0 Å². The van der Waals surface area contributed by atoms with Gasteiger partial charge in [-0.25, -0.2) is 0 Å². The Bertz CT molecular complexity index is 548. The summed E-state index contributed by atoms with van der Waals surface area (Å²) in [7, 11) is 0. The molecule has 1 amide bonds. The summed E-state index contributed by atoms with van der Waals surface area (Å²) < 4.78 is 0. The molecule has 2 aromatic rings. The van der Waals surface area contributed by atoms with Crippen LogP contribution in [0.15, 0.2) is 47.8 Å². The van der Waals surface area contributed by atoms with E-state index in [0.717, 1.165) is 0 Å². The Morgan fingerprint density at radius 1 is 1.25 bits per heavy atom. The first kappa shape index (κ1) is 10.1. The Morgan fingerprint density at radius 2 is 2.00 bits per heavy atom. The van der Waals surface area contributed by atoms with E-state index in [1.807, 2.05) is 0 Å². The van der Waals surface area contributed by atoms with Gasteiger partial charge in [0.25, 0.3) is 5.91 Å². The minimum atomic E-state index is -0.437. The molecular weight excluding hydrogens is 206 g/mol. The van der Waals surface area contributed by atoms with Gasteiger partial charge in [-0.15, -0.1) is 0 Å². The van der Waals surface area contributed by atoms with Gasteiger partial charge in [0.1, 0.15) is 5.56 Å². The van der Waals surface area contributed by atoms with Crippen LogP contribution in [0.5, 0.6) is 0 Å². The molecule has 2 rings (SSSR count). The zero-order valence-corrected chi connectivity index (χ0v) is 8.31. The average Bonchev–Trinajstić information content (AvgIpc) is 2.31. The van der Waals surface area contributed by atoms with Crippen LogP contribution in [0.3, 0.4) is 0 Å². The van der Waals surface area contributed by atoms with Gasteiger partial charge in [-0.1, -0.05) is 0 Å². The van der Waals surface area contributed by atoms with Crippen LogP contribution in [-0.4, -0.2) is 15.9 Å². The fraction of sp³-hybridized carbons (Fsp3) is 0. The molecule has 16 heavy (non-hydrogen) atoms. The van der Waals surface area contributed by atoms with Crippen molar-refractivity contribution < 1.29 is 4.79 Å². The third-order valence-electron chi connectivity index (χ3n) is 2.01. The first-order valence-corrected chi connectivity index (χ1v) is 4.66. The maximum Gasteiger partial charge on any atom is 0.261 e. The number of pyridine rings is 2. The standard InChI is InChI=1S/C11H9N3O2/c15-10-3-6-13-7-9(10)11(16)14-8-1-4-12-5-2-8/h1-7H,(H,13,15)(H,12,14,16). The number of hydrogen-bond acceptors (Lipinski definition) is 3. The van der Waals surface area contributed by atoms with Gasteiger partial charge >= 0.3 is 0 Å². The summed E-state index contributed by atoms with van der Waals surface area (Å²) in [4.78, 5) is 29.6. The molecular formula is C11H9N3O2. The van der Waals surface area contributed by atoms with Crippen LogP contribution in [0, 0.1) is 0 Å². The van der Waals surface area contributed by atoms with Crippen LogP contribution >= 0.6 is 0 Å². The molecule has 0 unspecified atom stereocenters. The third kappa shape index (κ3) is 2.14. The molecule has 5 nitrogen and oxygen atoms in total. The lowest BCUT2D eigenvalue weighted by atomic mass is 10.2. The lowest BCUT2D eigenvalue weighted by Gasteiger charge is -2.03. The van der Waals surface area contributed by atoms with E-state index in [0.29, 0.717) is 5.69 Å². The number of nitrogens with one attached hydrogen (secondary N) is 2. The molecule has 0 saturated carbocycles. The summed E-state index contributed by atoms with van der Waals surface area (Å²) in [6.45, 7) is 0. The molecule has 80 valence electrons. The lowest BCUT2D eigenvalue weighted by molar-refractivity contribution is 0.102. The quantitative estimate of drug-likeness (QED) is 0.785. The van der Waals surface area contributed by atoms with Crippen LogP contribution in [0.4, 0.5) is 5.69 Å². The zero-order valence-electron chi connectivity index (χ0n) is 8.31. The molecule has 0 fully saturated rings. The lowest BCUT2D eigenvalue weighted by Crippen LogP contribution is -2.20. The number of carbonyl (C=O) groups excluding carboxylic acids is 1. The van der Waals surface area contributed by atoms with E-state index >= 15 is 0 Å². The molecule has 0 aliphatic rings. The highest BCUT2D eigenvalue weighted by Gasteiger charge is 2.08. The average molecular weight is 215 g/mol. The second-order valence-electron chi connectivity index (χ2n) is 3.11. The van der Waals surface area contributed by atoms with Gasteiger partial charge in [-0.2, -0.15) is 0 Å². The Morgan fingerprint density at radius 3 is 2.69 bits per heavy atom. The maximum atomic E-state index is 11.7. The number of aromatic amines is 1. The van der Waals surface area contributed by atoms with Crippen molar-refractivity contribution in [2.45, 2.75) is 0 Å². The summed E-state index contributed by atoms with van der Waals surface area (Å²) in [6.07, 6.45) is 5.97. The number of hydrogen-bond donors (Lipinski definition) is 2. The van der Waals surface area contributed by atoms with Crippen LogP contribution in [0.2, 0.25) is 0 Å². The Balaban J connectivity index is 2.22. The highest BCUT2D eigenvalue weighted by molar-refractivity contribution is 6.03. The first-order valence-electron chi connectivity index (χ1n) is 4.66. The molecule has 2 aromatic heterocycles. The van der Waals surface area contributed by atoms with Crippen LogP contribution in [0.1, 0.15) is 10.4 Å². The molecule has 0 radical (unpaired) electrons. The number of nitrogens with zero attached hydrogens (tertiary/aromatic N) is 1. The van der Waals surface area contributed by atoms with Crippen molar-refractivity contribution in [2.24, 2.45) is 0 Å². The zero-order chi connectivity index (χ0) is 11.4. The monoisotopic (exact) mass is 215 g/mol. The first-order chi connectivity index (χ1) is 7.77. The topological polar surface area (TPSA) is 74.8 Å². The van der Waals surface area contributed by atoms with Crippen molar-refractivity contribution in [3.05, 3.63) is 58.8 Å². The Kier molecular flexibility index (Phi) is 2.77. The molecule has 2 heterocycles. The normalized spacial score (nSPS) is 9.75. The predicted molar refractivity (Wildman–Crippen MR) is 59.3 cm³/mol. The SMILES string of the molecule is O=C(Nc1ccncc1)c1c[nH]ccc1=O. The Labute approximate surface area is 91.2 Å². The minimum absolute atomic E-state index is 0.0827. The molecule has 0 spiro atoms. The van der Waals surface area contributed by atoms with E-state index in [4.69, 9.17) is 0 Å². The van der Waals surface area contributed by atoms with Gasteiger partial charge in [0.2, 0.25) is 0 Å². The molecule has 5 heteroatoms. The second kappa shape index (κ2) is 4.39. The largest absolute Gasteiger partial charge is 0.367 e. The van der Waals surface area contributed by atoms with Gasteiger partial charge in [0.15, 0.2) is 5.43 Å². The minimum Gasteiger partial charge on any atom is -0.367 e. The van der Waals surface area contributed by atoms with Crippen molar-refractivity contribution in [1.82, 2.24) is 9.97 Å². The third-order valence-corrected chi connectivity index (χ3v) is 2.01. The van der Waals surface area contributed by atoms with E-state index in [2.05, 4.69) is 15.3 Å². The van der Waals surface area contributed by atoms with Crippen LogP contribution in [0.25, 0.3) is 0 Å². The fourth-order valence-electron chi connectivity index (χ4n) is 1.23. The summed E-state index contributed by atoms with van der Waals surface area (Å²) in [5.74, 6) is -0.437. The second-order valence-corrected chi connectivity index (χ2v) is 3.11. The van der Waals surface area contributed by atoms with Crippen molar-refractivity contribution in [2.75, 3.05) is 5.32 Å². The maximum absolute atomic E-state index is 11.7. The summed E-state index contributed by atoms with van der Waals surface area (Å²) in [5, 5.41) is 2.60. The molecule has 2 N–H and O–H groups in total. The summed E-state index contributed by atoms with van der Waals surface area (Å²) in [6, 6.07) is 4.60. The molecule has 0 aromatic carbocycles. The van der Waals surface area contributed by atoms with E-state index in [1.165, 1.54) is 18.5 Å². The van der Waals surface area contributed by atoms with Crippen molar-refractivity contribution in [3.63, 3.8) is 0 Å². The number of aromatic nitrogens is 2. The van der Waals surface area contributed by atoms with Crippen LogP contribution < -0.4 is 10.7 Å². The predicted octanol–water partition coefficient (Wildman–Crippen LogP) is 1.02. The molecule has 0 saturated heterocycles. The highest BCUT2D eigenvalue weighted by Crippen LogP contribution is 2.04. The van der Waals surface area contributed by atoms with E-state index in [9.17, 15) is 9.59 Å². The van der Waals surface area contributed by atoms with Gasteiger partial charge in [0.05, 0.1) is 0 Å². The highest BCUT2D eigenvalue weighted by atomic mass is 16.2. The van der Waals surface area contributed by atoms with Crippen molar-refractivity contribution in [1.29, 1.82) is 0 Å². The molecule has 0 atom stereocenters. The van der Waals surface area contributed by atoms with Gasteiger partial charge in [-0.05, 0) is 12.1 Å².